The number of hydrogen-bond acceptors (Lipinski definition) is 4. The average Bonchev–Trinajstić information content (AvgIpc) is 3.14. The van der Waals surface area contributed by atoms with Crippen LogP contribution >= 0.6 is 0 Å². The first-order chi connectivity index (χ1) is 12.1. The normalized spacial score (nSPS) is 14.0. The van der Waals surface area contributed by atoms with Crippen molar-refractivity contribution in [2.75, 3.05) is 0 Å². The van der Waals surface area contributed by atoms with E-state index < -0.39 is 17.6 Å². The van der Waals surface area contributed by atoms with Gasteiger partial charge >= 0.3 is 0 Å². The molecule has 0 aliphatic carbocycles. The highest BCUT2D eigenvalue weighted by atomic mass is 19.1. The Balaban J connectivity index is 2.36. The van der Waals surface area contributed by atoms with Crippen LogP contribution in [0.15, 0.2) is 36.9 Å². The summed E-state index contributed by atoms with van der Waals surface area (Å²) in [6.07, 6.45) is 5.37. The van der Waals surface area contributed by atoms with Crippen LogP contribution in [-0.2, 0) is 6.42 Å². The third kappa shape index (κ3) is 4.43. The molecule has 25 heavy (non-hydrogen) atoms. The fourth-order valence-electron chi connectivity index (χ4n) is 3.46. The van der Waals surface area contributed by atoms with Crippen molar-refractivity contribution < 1.29 is 9.50 Å². The van der Waals surface area contributed by atoms with Crippen molar-refractivity contribution in [3.63, 3.8) is 0 Å². The molecule has 2 unspecified atom stereocenters. The zero-order valence-electron chi connectivity index (χ0n) is 14.8. The monoisotopic (exact) mass is 344 g/mol. The fraction of sp³-hybridized carbons (Fsp3) is 0.526. The van der Waals surface area contributed by atoms with Gasteiger partial charge < -0.3 is 5.11 Å². The van der Waals surface area contributed by atoms with Crippen molar-refractivity contribution in [2.24, 2.45) is 5.41 Å². The van der Waals surface area contributed by atoms with E-state index >= 15 is 0 Å². The van der Waals surface area contributed by atoms with Gasteiger partial charge in [-0.2, -0.15) is 10.4 Å². The molecular formula is C19H25FN4O. The zero-order valence-corrected chi connectivity index (χ0v) is 14.8. The lowest BCUT2D eigenvalue weighted by atomic mass is 9.72. The van der Waals surface area contributed by atoms with E-state index in [-0.39, 0.29) is 5.82 Å². The molecule has 2 aromatic rings. The number of nitrogens with zero attached hydrogens (tertiary/aromatic N) is 4. The molecule has 2 rings (SSSR count). The predicted octanol–water partition coefficient (Wildman–Crippen LogP) is 3.67. The van der Waals surface area contributed by atoms with E-state index in [1.54, 1.807) is 23.1 Å². The Bertz CT molecular complexity index is 672. The lowest BCUT2D eigenvalue weighted by molar-refractivity contribution is 0.00289. The van der Waals surface area contributed by atoms with Crippen LogP contribution in [0.5, 0.6) is 0 Å². The number of benzene rings is 1. The first-order valence-electron chi connectivity index (χ1n) is 8.74. The molecule has 0 radical (unpaired) electrons. The molecule has 0 amide bonds. The van der Waals surface area contributed by atoms with E-state index in [2.05, 4.69) is 16.2 Å². The summed E-state index contributed by atoms with van der Waals surface area (Å²) in [6.45, 7) is 4.03. The highest BCUT2D eigenvalue weighted by molar-refractivity contribution is 5.18. The first kappa shape index (κ1) is 19.1. The second-order valence-corrected chi connectivity index (χ2v) is 6.49. The van der Waals surface area contributed by atoms with Gasteiger partial charge in [0.15, 0.2) is 0 Å². The van der Waals surface area contributed by atoms with Gasteiger partial charge in [-0.05, 0) is 37.0 Å². The van der Waals surface area contributed by atoms with Crippen molar-refractivity contribution >= 4 is 0 Å². The molecule has 0 spiro atoms. The van der Waals surface area contributed by atoms with E-state index in [1.165, 1.54) is 18.5 Å². The number of nitriles is 1. The zero-order chi connectivity index (χ0) is 18.3. The van der Waals surface area contributed by atoms with Crippen molar-refractivity contribution in [2.45, 2.75) is 58.1 Å². The summed E-state index contributed by atoms with van der Waals surface area (Å²) >= 11 is 0. The highest BCUT2D eigenvalue weighted by Crippen LogP contribution is 2.39. The van der Waals surface area contributed by atoms with Crippen molar-refractivity contribution in [1.82, 2.24) is 14.8 Å². The molecule has 2 atom stereocenters. The predicted molar refractivity (Wildman–Crippen MR) is 93.0 cm³/mol. The number of rotatable bonds is 9. The summed E-state index contributed by atoms with van der Waals surface area (Å²) in [6, 6.07) is 8.13. The van der Waals surface area contributed by atoms with Crippen LogP contribution in [0.4, 0.5) is 4.39 Å². The molecule has 0 aliphatic heterocycles. The molecule has 0 saturated heterocycles. The van der Waals surface area contributed by atoms with Crippen LogP contribution in [-0.4, -0.2) is 26.0 Å². The van der Waals surface area contributed by atoms with Gasteiger partial charge in [-0.1, -0.05) is 38.8 Å². The molecule has 5 nitrogen and oxygen atoms in total. The molecule has 6 heteroatoms. The highest BCUT2D eigenvalue weighted by Gasteiger charge is 2.42. The summed E-state index contributed by atoms with van der Waals surface area (Å²) < 4.78 is 14.8. The Labute approximate surface area is 148 Å². The third-order valence-electron chi connectivity index (χ3n) is 4.68. The van der Waals surface area contributed by atoms with Crippen LogP contribution in [0, 0.1) is 22.6 Å². The minimum absolute atomic E-state index is 0.301. The van der Waals surface area contributed by atoms with E-state index in [0.29, 0.717) is 19.3 Å². The number of halogens is 1. The van der Waals surface area contributed by atoms with Crippen LogP contribution < -0.4 is 0 Å². The van der Waals surface area contributed by atoms with Crippen LogP contribution in [0.1, 0.15) is 51.1 Å². The van der Waals surface area contributed by atoms with E-state index in [9.17, 15) is 14.8 Å². The molecule has 0 saturated carbocycles. The molecular weight excluding hydrogens is 319 g/mol. The number of aliphatic hydroxyl groups excluding tert-OH is 1. The molecule has 0 bridgehead atoms. The third-order valence-corrected chi connectivity index (χ3v) is 4.68. The number of aromatic nitrogens is 3. The van der Waals surface area contributed by atoms with E-state index in [0.717, 1.165) is 18.4 Å². The molecule has 0 fully saturated rings. The lowest BCUT2D eigenvalue weighted by Crippen LogP contribution is -2.41. The summed E-state index contributed by atoms with van der Waals surface area (Å²) in [5, 5.41) is 25.2. The molecule has 1 heterocycles. The molecule has 134 valence electrons. The standard InChI is InChI=1S/C19H25FN4O/c1-3-9-19(12-21,10-4-2)18(25)17(24-14-22-13-23-24)11-15-5-7-16(20)8-6-15/h5-8,13-14,17-18,25H,3-4,9-11H2,1-2H3. The number of hydrogen-bond donors (Lipinski definition) is 1. The molecule has 1 N–H and O–H groups in total. The van der Waals surface area contributed by atoms with Crippen LogP contribution in [0.3, 0.4) is 0 Å². The topological polar surface area (TPSA) is 74.7 Å². The van der Waals surface area contributed by atoms with Crippen molar-refractivity contribution in [3.05, 3.63) is 48.3 Å². The second-order valence-electron chi connectivity index (χ2n) is 6.49. The minimum Gasteiger partial charge on any atom is -0.389 e. The first-order valence-corrected chi connectivity index (χ1v) is 8.74. The van der Waals surface area contributed by atoms with Gasteiger partial charge in [0, 0.05) is 0 Å². The van der Waals surface area contributed by atoms with Crippen LogP contribution in [0.2, 0.25) is 0 Å². The molecule has 1 aromatic carbocycles. The number of aliphatic hydroxyl groups is 1. The van der Waals surface area contributed by atoms with Crippen molar-refractivity contribution in [1.29, 1.82) is 5.26 Å². The molecule has 0 aliphatic rings. The summed E-state index contributed by atoms with van der Waals surface area (Å²) in [7, 11) is 0. The molecule has 1 aromatic heterocycles. The maximum absolute atomic E-state index is 13.2. The summed E-state index contributed by atoms with van der Waals surface area (Å²) in [4.78, 5) is 3.98. The Morgan fingerprint density at radius 3 is 2.36 bits per heavy atom. The Morgan fingerprint density at radius 2 is 1.88 bits per heavy atom. The second kappa shape index (κ2) is 8.72. The van der Waals surface area contributed by atoms with E-state index in [4.69, 9.17) is 0 Å². The summed E-state index contributed by atoms with van der Waals surface area (Å²) in [5.74, 6) is -0.301. The quantitative estimate of drug-likeness (QED) is 0.753. The Kier molecular flexibility index (Phi) is 6.65. The van der Waals surface area contributed by atoms with Gasteiger partial charge in [-0.15, -0.1) is 0 Å². The maximum Gasteiger partial charge on any atom is 0.137 e. The Morgan fingerprint density at radius 1 is 1.24 bits per heavy atom. The Hall–Kier alpha value is -2.26. The lowest BCUT2D eigenvalue weighted by Gasteiger charge is -2.36. The van der Waals surface area contributed by atoms with Crippen molar-refractivity contribution in [3.8, 4) is 6.07 Å². The van der Waals surface area contributed by atoms with Gasteiger partial charge in [0.25, 0.3) is 0 Å². The van der Waals surface area contributed by atoms with Gasteiger partial charge in [0.05, 0.1) is 23.6 Å². The largest absolute Gasteiger partial charge is 0.389 e. The summed E-state index contributed by atoms with van der Waals surface area (Å²) in [5.41, 5.74) is 0.0425. The van der Waals surface area contributed by atoms with Crippen LogP contribution in [0.25, 0.3) is 0 Å². The van der Waals surface area contributed by atoms with Gasteiger partial charge in [0.1, 0.15) is 18.5 Å². The van der Waals surface area contributed by atoms with Gasteiger partial charge in [-0.25, -0.2) is 14.1 Å². The SMILES string of the molecule is CCCC(C#N)(CCC)C(O)C(Cc1ccc(F)cc1)n1cncn1. The van der Waals surface area contributed by atoms with Gasteiger partial charge in [0.2, 0.25) is 0 Å². The van der Waals surface area contributed by atoms with Gasteiger partial charge in [-0.3, -0.25) is 0 Å². The van der Waals surface area contributed by atoms with E-state index in [1.807, 2.05) is 13.8 Å². The maximum atomic E-state index is 13.2. The fourth-order valence-corrected chi connectivity index (χ4v) is 3.46. The average molecular weight is 344 g/mol. The smallest absolute Gasteiger partial charge is 0.137 e. The minimum atomic E-state index is -0.899.